The summed E-state index contributed by atoms with van der Waals surface area (Å²) in [7, 11) is -5.16. The van der Waals surface area contributed by atoms with Gasteiger partial charge in [0, 0.05) is 12.3 Å². The van der Waals surface area contributed by atoms with E-state index in [4.69, 9.17) is 33.3 Å². The Morgan fingerprint density at radius 1 is 1.00 bits per heavy atom. The summed E-state index contributed by atoms with van der Waals surface area (Å²) in [6.45, 7) is -6.30. The van der Waals surface area contributed by atoms with Crippen LogP contribution in [-0.4, -0.2) is 83.9 Å². The van der Waals surface area contributed by atoms with Crippen LogP contribution in [0.15, 0.2) is 34.5 Å². The third-order valence-corrected chi connectivity index (χ3v) is 9.23. The average molecular weight is 655 g/mol. The number of rotatable bonds is 2. The number of thiol groups is 1. The van der Waals surface area contributed by atoms with Crippen molar-refractivity contribution in [3.05, 3.63) is 45.8 Å². The molecule has 0 spiro atoms. The summed E-state index contributed by atoms with van der Waals surface area (Å²) in [6.07, 6.45) is -11.3. The van der Waals surface area contributed by atoms with Crippen LogP contribution in [-0.2, 0) is 36.7 Å². The number of imidazole rings is 1. The van der Waals surface area contributed by atoms with Crippen LogP contribution in [0.3, 0.4) is 0 Å². The van der Waals surface area contributed by atoms with Crippen molar-refractivity contribution in [2.75, 3.05) is 18.9 Å². The van der Waals surface area contributed by atoms with Gasteiger partial charge in [0.25, 0.3) is 5.56 Å². The van der Waals surface area contributed by atoms with E-state index >= 15 is 8.78 Å². The van der Waals surface area contributed by atoms with Gasteiger partial charge in [-0.15, -0.1) is 0 Å². The van der Waals surface area contributed by atoms with E-state index in [1.165, 1.54) is 0 Å². The molecule has 10 atom stereocenters. The maximum Gasteiger partial charge on any atom is 0.472 e. The summed E-state index contributed by atoms with van der Waals surface area (Å²) in [5, 5.41) is 0. The molecule has 23 heteroatoms. The second-order valence-corrected chi connectivity index (χ2v) is 13.6. The van der Waals surface area contributed by atoms with Crippen molar-refractivity contribution in [2.24, 2.45) is 0 Å². The molecule has 3 aliphatic heterocycles. The molecule has 18 nitrogen and oxygen atoms in total. The summed E-state index contributed by atoms with van der Waals surface area (Å²) in [5.74, 6) is 0.00107. The molecule has 6 rings (SSSR count). The van der Waals surface area contributed by atoms with Crippen molar-refractivity contribution in [1.29, 1.82) is 0 Å². The van der Waals surface area contributed by atoms with Gasteiger partial charge in [-0.1, -0.05) is 12.2 Å². The predicted octanol–water partition coefficient (Wildman–Crippen LogP) is 0.385. The van der Waals surface area contributed by atoms with Crippen molar-refractivity contribution >= 4 is 43.9 Å². The predicted molar refractivity (Wildman–Crippen MR) is 137 cm³/mol. The number of hydrogen-bond acceptors (Lipinski definition) is 14. The normalized spacial score (nSPS) is 39.3. The van der Waals surface area contributed by atoms with Crippen LogP contribution in [0.2, 0.25) is 0 Å². The molecule has 2 bridgehead atoms. The number of aromatic amines is 1. The third kappa shape index (κ3) is 5.45. The molecule has 0 aliphatic carbocycles. The number of anilines is 1. The highest BCUT2D eigenvalue weighted by atomic mass is 32.7. The van der Waals surface area contributed by atoms with Gasteiger partial charge >= 0.3 is 20.3 Å². The third-order valence-electron chi connectivity index (χ3n) is 6.63. The van der Waals surface area contributed by atoms with E-state index in [-0.39, 0.29) is 17.0 Å². The Morgan fingerprint density at radius 2 is 1.74 bits per heavy atom. The lowest BCUT2D eigenvalue weighted by Gasteiger charge is -2.26. The highest BCUT2D eigenvalue weighted by molar-refractivity contribution is 8.44. The number of fused-ring (bicyclic) bond motifs is 4. The van der Waals surface area contributed by atoms with E-state index in [0.717, 1.165) is 34.1 Å². The average Bonchev–Trinajstić information content (AvgIpc) is 3.57. The Morgan fingerprint density at radius 3 is 2.50 bits per heavy atom. The van der Waals surface area contributed by atoms with Gasteiger partial charge in [-0.25, -0.2) is 37.7 Å². The second kappa shape index (κ2) is 10.8. The molecule has 228 valence electrons. The molecule has 6 heterocycles. The molecule has 3 aromatic rings. The van der Waals surface area contributed by atoms with Gasteiger partial charge in [0.15, 0.2) is 36.3 Å². The van der Waals surface area contributed by atoms with E-state index in [0.29, 0.717) is 0 Å². The Kier molecular flexibility index (Phi) is 7.62. The molecular formula is C19H21F2N7O11P2S. The number of nitrogens with one attached hydrogen (secondary N) is 1. The van der Waals surface area contributed by atoms with Gasteiger partial charge in [0.2, 0.25) is 0 Å². The Hall–Kier alpha value is -2.58. The fourth-order valence-corrected chi connectivity index (χ4v) is 7.14. The number of H-pyrrole nitrogens is 1. The van der Waals surface area contributed by atoms with Crippen molar-refractivity contribution in [2.45, 2.75) is 49.2 Å². The molecule has 1 unspecified atom stereocenters. The van der Waals surface area contributed by atoms with E-state index < -0.39 is 88.3 Å². The van der Waals surface area contributed by atoms with Crippen molar-refractivity contribution < 1.29 is 50.4 Å². The lowest BCUT2D eigenvalue weighted by atomic mass is 10.1. The van der Waals surface area contributed by atoms with E-state index in [9.17, 15) is 23.6 Å². The maximum absolute atomic E-state index is 15.8. The number of nitrogens with two attached hydrogens (primary N) is 1. The zero-order valence-electron chi connectivity index (χ0n) is 20.8. The van der Waals surface area contributed by atoms with Crippen molar-refractivity contribution in [1.82, 2.24) is 29.1 Å². The molecule has 0 radical (unpaired) electrons. The van der Waals surface area contributed by atoms with Crippen LogP contribution in [0, 0.1) is 0 Å². The molecule has 3 saturated heterocycles. The number of halogens is 2. The van der Waals surface area contributed by atoms with Gasteiger partial charge in [0.05, 0.1) is 19.5 Å². The summed E-state index contributed by atoms with van der Waals surface area (Å²) < 4.78 is 91.0. The Labute approximate surface area is 237 Å². The van der Waals surface area contributed by atoms with E-state index in [1.807, 2.05) is 4.98 Å². The first-order valence-corrected chi connectivity index (χ1v) is 16.2. The SMILES string of the molecule is Nc1ncnc2c1ncn2[C@@H]1O[C@@H]2CO[P@](=O)(S)O[C@@H]3[C@H](F)[C@@H](COP(=O)(O)O[C@H]2[C@H]1F)O[C@H]3n1ccc(=O)[nH]c1=O. The van der Waals surface area contributed by atoms with Crippen LogP contribution >= 0.6 is 26.9 Å². The lowest BCUT2D eigenvalue weighted by Crippen LogP contribution is -2.37. The summed E-state index contributed by atoms with van der Waals surface area (Å²) in [4.78, 5) is 48.1. The minimum Gasteiger partial charge on any atom is -0.382 e. The summed E-state index contributed by atoms with van der Waals surface area (Å²) >= 11 is 3.87. The van der Waals surface area contributed by atoms with Gasteiger partial charge in [-0.3, -0.25) is 37.0 Å². The van der Waals surface area contributed by atoms with Gasteiger partial charge < -0.3 is 20.1 Å². The monoisotopic (exact) mass is 655 g/mol. The minimum absolute atomic E-state index is 0.00107. The number of hydrogen-bond donors (Lipinski definition) is 4. The highest BCUT2D eigenvalue weighted by Crippen LogP contribution is 2.58. The first kappa shape index (κ1) is 29.5. The summed E-state index contributed by atoms with van der Waals surface area (Å²) in [6, 6.07) is 0.939. The molecule has 0 saturated carbocycles. The fraction of sp³-hybridized carbons (Fsp3) is 0.526. The topological polar surface area (TPSA) is 234 Å². The van der Waals surface area contributed by atoms with Crippen molar-refractivity contribution in [3.63, 3.8) is 0 Å². The molecule has 3 aliphatic rings. The quantitative estimate of drug-likeness (QED) is 0.216. The number of ether oxygens (including phenoxy) is 2. The summed E-state index contributed by atoms with van der Waals surface area (Å²) in [5.41, 5.74) is 4.20. The van der Waals surface area contributed by atoms with E-state index in [2.05, 4.69) is 27.2 Å². The van der Waals surface area contributed by atoms with Gasteiger partial charge in [-0.2, -0.15) is 0 Å². The van der Waals surface area contributed by atoms with Gasteiger partial charge in [-0.05, 0) is 0 Å². The fourth-order valence-electron chi connectivity index (χ4n) is 4.73. The number of phosphoric ester groups is 1. The van der Waals surface area contributed by atoms with Crippen LogP contribution in [0.5, 0.6) is 0 Å². The Bertz CT molecular complexity index is 1730. The molecule has 42 heavy (non-hydrogen) atoms. The first-order chi connectivity index (χ1) is 19.8. The van der Waals surface area contributed by atoms with Crippen molar-refractivity contribution in [3.8, 4) is 0 Å². The lowest BCUT2D eigenvalue weighted by molar-refractivity contribution is -0.0635. The molecule has 0 aromatic carbocycles. The number of nitrogens with zero attached hydrogens (tertiary/aromatic N) is 5. The number of phosphoric acid groups is 1. The second-order valence-electron chi connectivity index (χ2n) is 9.29. The van der Waals surface area contributed by atoms with E-state index in [1.54, 1.807) is 0 Å². The zero-order valence-corrected chi connectivity index (χ0v) is 23.5. The molecule has 3 fully saturated rings. The molecule has 4 N–H and O–H groups in total. The minimum atomic E-state index is -5.16. The highest BCUT2D eigenvalue weighted by Gasteiger charge is 2.54. The van der Waals surface area contributed by atoms with Gasteiger partial charge in [0.1, 0.15) is 36.3 Å². The number of aromatic nitrogens is 6. The van der Waals surface area contributed by atoms with Crippen LogP contribution in [0.1, 0.15) is 12.5 Å². The molecule has 3 aromatic heterocycles. The Balaban J connectivity index is 1.31. The largest absolute Gasteiger partial charge is 0.472 e. The maximum atomic E-state index is 15.8. The van der Waals surface area contributed by atoms with Crippen LogP contribution in [0.25, 0.3) is 11.2 Å². The zero-order chi connectivity index (χ0) is 30.0. The standard InChI is InChI=1S/C19H21F2N7O11P2S/c20-10-7-3-34-40(31,32)38-13-8(37-17(11(13)21)28-6-25-12-15(22)23-5-24-16(12)28)4-35-41(33,42)39-14(10)18(36-7)27-2-1-9(29)26-19(27)30/h1-2,5-8,10-11,13-14,17-18H,3-4H2,(H,31,32)(H,33,42)(H2,22,23,24)(H,26,29,30)/t7-,8-,10-,11-,13-,14-,17-,18-,41+/m1/s1. The molecule has 0 amide bonds. The number of alkyl halides is 2. The first-order valence-electron chi connectivity index (χ1n) is 12.0. The molecular weight excluding hydrogens is 634 g/mol. The van der Waals surface area contributed by atoms with Crippen LogP contribution in [0.4, 0.5) is 14.6 Å². The van der Waals surface area contributed by atoms with Crippen LogP contribution < -0.4 is 17.0 Å². The smallest absolute Gasteiger partial charge is 0.382 e. The number of nitrogen functional groups attached to an aromatic ring is 1.